The number of halogens is 3. The molecule has 0 bridgehead atoms. The molecule has 3 amide bonds. The summed E-state index contributed by atoms with van der Waals surface area (Å²) in [6.07, 6.45) is -0.668. The van der Waals surface area contributed by atoms with Crippen LogP contribution in [0.5, 0.6) is 0 Å². The van der Waals surface area contributed by atoms with Crippen molar-refractivity contribution in [3.05, 3.63) is 35.9 Å². The van der Waals surface area contributed by atoms with E-state index in [0.717, 1.165) is 0 Å². The number of carbonyl (C=O) groups is 9. The third-order valence-corrected chi connectivity index (χ3v) is 8.44. The number of ether oxygens (including phenoxy) is 2. The maximum atomic E-state index is 13.0. The molecule has 2 saturated heterocycles. The van der Waals surface area contributed by atoms with Crippen molar-refractivity contribution >= 4 is 53.0 Å². The van der Waals surface area contributed by atoms with Gasteiger partial charge in [-0.3, -0.25) is 48.2 Å². The molecule has 2 fully saturated rings. The summed E-state index contributed by atoms with van der Waals surface area (Å²) >= 11 is 0. The van der Waals surface area contributed by atoms with E-state index in [2.05, 4.69) is 5.32 Å². The fourth-order valence-electron chi connectivity index (χ4n) is 5.37. The van der Waals surface area contributed by atoms with Crippen LogP contribution in [-0.4, -0.2) is 147 Å². The average molecular weight is 905 g/mol. The molecule has 1 aromatic rings. The molecule has 2 aliphatic rings. The Morgan fingerprint density at radius 2 is 1.30 bits per heavy atom. The lowest BCUT2D eigenvalue weighted by Crippen LogP contribution is -2.61. The number of benzene rings is 1. The molecule has 1 unspecified atom stereocenters. The smallest absolute Gasteiger partial charge is 0.308 e. The number of aliphatic carboxylic acids is 1. The van der Waals surface area contributed by atoms with Crippen molar-refractivity contribution in [2.24, 2.45) is 17.2 Å². The summed E-state index contributed by atoms with van der Waals surface area (Å²) in [5, 5.41) is 22.4. The number of fused-ring (bicyclic) bond motifs is 1. The zero-order chi connectivity index (χ0) is 48.8. The number of hydrazine groups is 1. The van der Waals surface area contributed by atoms with Crippen molar-refractivity contribution in [3.63, 3.8) is 0 Å². The van der Waals surface area contributed by atoms with Gasteiger partial charge in [0, 0.05) is 24.6 Å². The largest absolute Gasteiger partial charge is 0.481 e. The van der Waals surface area contributed by atoms with Gasteiger partial charge in [-0.2, -0.15) is 0 Å². The summed E-state index contributed by atoms with van der Waals surface area (Å²) in [6, 6.07) is 3.93. The number of hydrogen-bond donors (Lipinski definition) is 6. The highest BCUT2D eigenvalue weighted by atomic mass is 19.1. The van der Waals surface area contributed by atoms with Crippen molar-refractivity contribution in [3.8, 4) is 0 Å². The van der Waals surface area contributed by atoms with Gasteiger partial charge < -0.3 is 42.2 Å². The Morgan fingerprint density at radius 1 is 0.810 bits per heavy atom. The molecule has 2 aliphatic heterocycles. The van der Waals surface area contributed by atoms with Crippen molar-refractivity contribution < 1.29 is 76.0 Å². The molecule has 0 saturated carbocycles. The topological polar surface area (TPSA) is 309 Å². The number of nitrogens with zero attached hydrogens (tertiary/aromatic N) is 2. The lowest BCUT2D eigenvalue weighted by Gasteiger charge is -2.42. The third kappa shape index (κ3) is 23.1. The minimum Gasteiger partial charge on any atom is -0.481 e. The SMILES string of the molecule is CC(=O)[C@@H]1CCCN2C(=O)CC[C@H](NC(=O)c3ccccc3)C(=O)N12.CC(C)(C)OC(=O)C[C@H](N)C(=O)CF.CC(C)(C)OC(=O)C[C@H](N)C(O)CF.N[C@@H](CC(=O)O)C(=O)CF. The van der Waals surface area contributed by atoms with Crippen LogP contribution in [0.2, 0.25) is 0 Å². The number of esters is 2. The molecule has 0 aromatic heterocycles. The van der Waals surface area contributed by atoms with E-state index in [1.807, 2.05) is 0 Å². The number of ketones is 3. The maximum absolute atomic E-state index is 13.0. The number of Topliss-reactive ketones (excluding diaryl/α,β-unsaturated/α-hetero) is 3. The van der Waals surface area contributed by atoms with Crippen LogP contribution >= 0.6 is 0 Å². The third-order valence-electron chi connectivity index (χ3n) is 8.44. The Hall–Kier alpha value is -5.32. The van der Waals surface area contributed by atoms with Gasteiger partial charge in [0.2, 0.25) is 5.91 Å². The number of rotatable bonds is 15. The zero-order valence-corrected chi connectivity index (χ0v) is 36.8. The summed E-state index contributed by atoms with van der Waals surface area (Å²) in [5.74, 6) is -5.07. The number of hydrogen-bond acceptors (Lipinski definition) is 15. The first-order valence-electron chi connectivity index (χ1n) is 19.9. The molecule has 0 aliphatic carbocycles. The van der Waals surface area contributed by atoms with Crippen LogP contribution in [0.3, 0.4) is 0 Å². The van der Waals surface area contributed by atoms with E-state index in [9.17, 15) is 56.3 Å². The Balaban J connectivity index is 0.000000875. The predicted octanol–water partition coefficient (Wildman–Crippen LogP) is 1.19. The van der Waals surface area contributed by atoms with Gasteiger partial charge in [-0.25, -0.2) is 18.2 Å². The zero-order valence-electron chi connectivity index (χ0n) is 36.8. The van der Waals surface area contributed by atoms with E-state index >= 15 is 0 Å². The van der Waals surface area contributed by atoms with Crippen LogP contribution < -0.4 is 22.5 Å². The van der Waals surface area contributed by atoms with Crippen molar-refractivity contribution in [1.82, 2.24) is 15.3 Å². The molecule has 3 rings (SSSR count). The highest BCUT2D eigenvalue weighted by Crippen LogP contribution is 2.25. The second-order valence-corrected chi connectivity index (χ2v) is 16.4. The Labute approximate surface area is 364 Å². The summed E-state index contributed by atoms with van der Waals surface area (Å²) < 4.78 is 45.1. The lowest BCUT2D eigenvalue weighted by atomic mass is 10.0. The summed E-state index contributed by atoms with van der Waals surface area (Å²) in [6.45, 7) is 8.82. The number of amides is 3. The number of nitrogens with one attached hydrogen (secondary N) is 1. The number of aliphatic hydroxyl groups excluding tert-OH is 1. The minimum absolute atomic E-state index is 0.152. The highest BCUT2D eigenvalue weighted by molar-refractivity contribution is 5.99. The number of alkyl halides is 3. The highest BCUT2D eigenvalue weighted by Gasteiger charge is 2.43. The Morgan fingerprint density at radius 3 is 1.75 bits per heavy atom. The molecule has 19 nitrogen and oxygen atoms in total. The van der Waals surface area contributed by atoms with Gasteiger partial charge in [-0.15, -0.1) is 0 Å². The minimum atomic E-state index is -1.30. The maximum Gasteiger partial charge on any atom is 0.308 e. The van der Waals surface area contributed by atoms with Crippen LogP contribution in [0.25, 0.3) is 0 Å². The van der Waals surface area contributed by atoms with Crippen LogP contribution in [0.15, 0.2) is 30.3 Å². The molecule has 6 atom stereocenters. The molecule has 63 heavy (non-hydrogen) atoms. The molecule has 2 heterocycles. The lowest BCUT2D eigenvalue weighted by molar-refractivity contribution is -0.175. The number of carboxylic acid groups (broad SMARTS) is 1. The van der Waals surface area contributed by atoms with Crippen molar-refractivity contribution in [2.45, 2.75) is 141 Å². The van der Waals surface area contributed by atoms with E-state index in [1.165, 1.54) is 16.9 Å². The summed E-state index contributed by atoms with van der Waals surface area (Å²) in [4.78, 5) is 103. The number of aliphatic hydroxyl groups is 1. The molecular formula is C41H63F3N6O13. The fourth-order valence-corrected chi connectivity index (χ4v) is 5.37. The number of carbonyl (C=O) groups excluding carboxylic acids is 8. The van der Waals surface area contributed by atoms with Crippen LogP contribution in [0, 0.1) is 0 Å². The summed E-state index contributed by atoms with van der Waals surface area (Å²) in [5.41, 5.74) is 14.8. The molecule has 22 heteroatoms. The van der Waals surface area contributed by atoms with Gasteiger partial charge in [0.05, 0.1) is 37.5 Å². The molecule has 0 radical (unpaired) electrons. The van der Waals surface area contributed by atoms with Gasteiger partial charge >= 0.3 is 17.9 Å². The van der Waals surface area contributed by atoms with Crippen molar-refractivity contribution in [2.75, 3.05) is 26.6 Å². The second kappa shape index (κ2) is 27.7. The van der Waals surface area contributed by atoms with Gasteiger partial charge in [0.1, 0.15) is 43.3 Å². The van der Waals surface area contributed by atoms with E-state index in [0.29, 0.717) is 24.9 Å². The van der Waals surface area contributed by atoms with E-state index in [4.69, 9.17) is 36.9 Å². The Kier molecular flexibility index (Phi) is 25.3. The second-order valence-electron chi connectivity index (χ2n) is 16.4. The molecule has 1 aromatic carbocycles. The van der Waals surface area contributed by atoms with Gasteiger partial charge in [0.25, 0.3) is 11.8 Å². The van der Waals surface area contributed by atoms with Gasteiger partial charge in [-0.1, -0.05) is 18.2 Å². The number of nitrogens with two attached hydrogens (primary N) is 3. The molecule has 356 valence electrons. The quantitative estimate of drug-likeness (QED) is 0.135. The van der Waals surface area contributed by atoms with Gasteiger partial charge in [0.15, 0.2) is 17.3 Å². The average Bonchev–Trinajstić information content (AvgIpc) is 3.30. The Bertz CT molecular complexity index is 1710. The number of carboxylic acids is 1. The predicted molar refractivity (Wildman–Crippen MR) is 220 cm³/mol. The first kappa shape index (κ1) is 57.7. The fraction of sp³-hybridized carbons (Fsp3) is 0.634. The van der Waals surface area contributed by atoms with Crippen LogP contribution in [0.1, 0.15) is 104 Å². The van der Waals surface area contributed by atoms with Gasteiger partial charge in [-0.05, 0) is 79.9 Å². The van der Waals surface area contributed by atoms with Crippen LogP contribution in [-0.2, 0) is 47.8 Å². The van der Waals surface area contributed by atoms with E-state index in [1.54, 1.807) is 71.9 Å². The molecule has 9 N–H and O–H groups in total. The van der Waals surface area contributed by atoms with E-state index in [-0.39, 0.29) is 43.3 Å². The normalized spacial score (nSPS) is 18.0. The molecule has 0 spiro atoms. The summed E-state index contributed by atoms with van der Waals surface area (Å²) in [7, 11) is 0. The molecular weight excluding hydrogens is 841 g/mol. The van der Waals surface area contributed by atoms with Crippen molar-refractivity contribution in [1.29, 1.82) is 0 Å². The first-order valence-corrected chi connectivity index (χ1v) is 19.9. The standard InChI is InChI=1S/C18H21N3O4.C9H18FNO3.C9H16FNO3.C5H8FNO3/c1-12(22)15-8-5-11-20-16(23)10-9-14(18(25)21(15)20)19-17(24)13-6-3-2-4-7-13;2*1-9(2,3)14-8(13)4-6(11)7(12)5-10;6-2-4(8)3(7)1-5(9)10/h2-4,6-7,14-15H,5,8-11H2,1H3,(H,19,24);6-7,12H,4-5,11H2,1-3H3;6H,4-5,11H2,1-3H3;3H,1-2,7H2,(H,9,10)/t14-,15-;6-,7?;6-;3-/m0000/s1. The monoisotopic (exact) mass is 904 g/mol. The first-order chi connectivity index (χ1) is 29.1. The van der Waals surface area contributed by atoms with E-state index < -0.39 is 109 Å². The van der Waals surface area contributed by atoms with Crippen LogP contribution in [0.4, 0.5) is 13.2 Å².